The van der Waals surface area contributed by atoms with Crippen molar-refractivity contribution >= 4 is 5.97 Å². The fourth-order valence-electron chi connectivity index (χ4n) is 1.57. The fourth-order valence-corrected chi connectivity index (χ4v) is 1.57. The summed E-state index contributed by atoms with van der Waals surface area (Å²) in [6.45, 7) is 6.22. The minimum atomic E-state index is -0.159. The molecule has 0 atom stereocenters. The summed E-state index contributed by atoms with van der Waals surface area (Å²) in [7, 11) is 0. The zero-order valence-corrected chi connectivity index (χ0v) is 11.1. The molecule has 100 valence electrons. The summed E-state index contributed by atoms with van der Waals surface area (Å²) in [5.74, 6) is 0.718. The van der Waals surface area contributed by atoms with Gasteiger partial charge in [-0.05, 0) is 31.5 Å². The average molecular weight is 251 g/mol. The third-order valence-corrected chi connectivity index (χ3v) is 2.35. The van der Waals surface area contributed by atoms with E-state index in [0.717, 1.165) is 17.9 Å². The van der Waals surface area contributed by atoms with Crippen LogP contribution in [0.4, 0.5) is 0 Å². The monoisotopic (exact) mass is 251 g/mol. The first-order valence-electron chi connectivity index (χ1n) is 6.34. The van der Waals surface area contributed by atoms with Gasteiger partial charge in [0.05, 0.1) is 19.6 Å². The van der Waals surface area contributed by atoms with Gasteiger partial charge in [-0.2, -0.15) is 0 Å². The van der Waals surface area contributed by atoms with Crippen molar-refractivity contribution < 1.29 is 14.3 Å². The highest BCUT2D eigenvalue weighted by molar-refractivity contribution is 5.69. The Balaban J connectivity index is 2.26. The largest absolute Gasteiger partial charge is 0.494 e. The Morgan fingerprint density at radius 1 is 1.28 bits per heavy atom. The maximum absolute atomic E-state index is 11.1. The number of benzene rings is 1. The molecule has 1 rings (SSSR count). The second-order valence-corrected chi connectivity index (χ2v) is 3.81. The highest BCUT2D eigenvalue weighted by Gasteiger charge is 2.01. The Morgan fingerprint density at radius 2 is 2.11 bits per heavy atom. The van der Waals surface area contributed by atoms with Crippen LogP contribution in [0.5, 0.6) is 5.75 Å². The quantitative estimate of drug-likeness (QED) is 0.568. The lowest BCUT2D eigenvalue weighted by Gasteiger charge is -2.07. The van der Waals surface area contributed by atoms with Crippen molar-refractivity contribution in [3.05, 3.63) is 29.8 Å². The smallest absolute Gasteiger partial charge is 0.307 e. The molecule has 0 aliphatic rings. The molecule has 18 heavy (non-hydrogen) atoms. The lowest BCUT2D eigenvalue weighted by atomic mass is 10.2. The van der Waals surface area contributed by atoms with Gasteiger partial charge in [-0.25, -0.2) is 0 Å². The van der Waals surface area contributed by atoms with Crippen LogP contribution >= 0.6 is 0 Å². The van der Waals surface area contributed by atoms with Gasteiger partial charge in [0.25, 0.3) is 0 Å². The molecule has 1 N–H and O–H groups in total. The normalized spacial score (nSPS) is 10.1. The van der Waals surface area contributed by atoms with E-state index in [1.165, 1.54) is 0 Å². The van der Waals surface area contributed by atoms with Gasteiger partial charge in [0.15, 0.2) is 0 Å². The molecule has 0 amide bonds. The van der Waals surface area contributed by atoms with Crippen molar-refractivity contribution in [1.29, 1.82) is 0 Å². The van der Waals surface area contributed by atoms with E-state index in [1.807, 2.05) is 38.1 Å². The molecule has 0 aliphatic heterocycles. The van der Waals surface area contributed by atoms with Gasteiger partial charge in [-0.3, -0.25) is 4.79 Å². The molecule has 0 heterocycles. The predicted octanol–water partition coefficient (Wildman–Crippen LogP) is 2.13. The molecular weight excluding hydrogens is 230 g/mol. The number of carbonyl (C=O) groups is 1. The van der Waals surface area contributed by atoms with Crippen LogP contribution < -0.4 is 10.1 Å². The lowest BCUT2D eigenvalue weighted by molar-refractivity contribution is -0.142. The van der Waals surface area contributed by atoms with Crippen LogP contribution in [-0.4, -0.2) is 25.7 Å². The zero-order valence-electron chi connectivity index (χ0n) is 11.1. The van der Waals surface area contributed by atoms with Crippen LogP contribution in [0, 0.1) is 0 Å². The van der Waals surface area contributed by atoms with Crippen LogP contribution in [0.2, 0.25) is 0 Å². The second kappa shape index (κ2) is 8.53. The summed E-state index contributed by atoms with van der Waals surface area (Å²) in [5.41, 5.74) is 1.14. The molecule has 0 bridgehead atoms. The molecule has 0 aromatic heterocycles. The number of nitrogens with one attached hydrogen (secondary N) is 1. The highest BCUT2D eigenvalue weighted by Crippen LogP contribution is 2.12. The molecule has 0 aliphatic carbocycles. The molecule has 0 spiro atoms. The van der Waals surface area contributed by atoms with Crippen LogP contribution in [0.15, 0.2) is 24.3 Å². The number of ether oxygens (including phenoxy) is 2. The van der Waals surface area contributed by atoms with E-state index in [-0.39, 0.29) is 5.97 Å². The third-order valence-electron chi connectivity index (χ3n) is 2.35. The highest BCUT2D eigenvalue weighted by atomic mass is 16.5. The van der Waals surface area contributed by atoms with Gasteiger partial charge in [0.2, 0.25) is 0 Å². The molecule has 4 nitrogen and oxygen atoms in total. The molecule has 0 radical (unpaired) electrons. The minimum absolute atomic E-state index is 0.159. The summed E-state index contributed by atoms with van der Waals surface area (Å²) < 4.78 is 10.3. The van der Waals surface area contributed by atoms with Gasteiger partial charge in [-0.15, -0.1) is 0 Å². The van der Waals surface area contributed by atoms with Crippen LogP contribution in [0.1, 0.15) is 25.8 Å². The molecule has 1 aromatic rings. The fraction of sp³-hybridized carbons (Fsp3) is 0.500. The Kier molecular flexibility index (Phi) is 6.87. The molecule has 0 saturated carbocycles. The SMILES string of the molecule is CCOC(=O)CCNCc1cccc(OCC)c1. The van der Waals surface area contributed by atoms with Gasteiger partial charge in [0.1, 0.15) is 5.75 Å². The third kappa shape index (κ3) is 5.68. The summed E-state index contributed by atoms with van der Waals surface area (Å²) in [4.78, 5) is 11.1. The number of hydrogen-bond acceptors (Lipinski definition) is 4. The average Bonchev–Trinajstić information content (AvgIpc) is 2.36. The Morgan fingerprint density at radius 3 is 2.83 bits per heavy atom. The van der Waals surface area contributed by atoms with Crippen molar-refractivity contribution in [2.75, 3.05) is 19.8 Å². The Bertz CT molecular complexity index is 366. The first kappa shape index (κ1) is 14.5. The topological polar surface area (TPSA) is 47.6 Å². The number of carbonyl (C=O) groups excluding carboxylic acids is 1. The first-order chi connectivity index (χ1) is 8.76. The molecule has 0 fully saturated rings. The molecule has 0 unspecified atom stereocenters. The van der Waals surface area contributed by atoms with Crippen molar-refractivity contribution in [3.8, 4) is 5.75 Å². The number of hydrogen-bond donors (Lipinski definition) is 1. The van der Waals surface area contributed by atoms with E-state index < -0.39 is 0 Å². The summed E-state index contributed by atoms with van der Waals surface area (Å²) in [6.07, 6.45) is 0.402. The first-order valence-corrected chi connectivity index (χ1v) is 6.34. The second-order valence-electron chi connectivity index (χ2n) is 3.81. The Labute approximate surface area is 108 Å². The van der Waals surface area contributed by atoms with E-state index >= 15 is 0 Å². The maximum atomic E-state index is 11.1. The van der Waals surface area contributed by atoms with Gasteiger partial charge >= 0.3 is 5.97 Å². The number of esters is 1. The van der Waals surface area contributed by atoms with Crippen LogP contribution in [-0.2, 0) is 16.1 Å². The summed E-state index contributed by atoms with van der Waals surface area (Å²) in [6, 6.07) is 7.93. The van der Waals surface area contributed by atoms with Gasteiger partial charge < -0.3 is 14.8 Å². The van der Waals surface area contributed by atoms with Crippen LogP contribution in [0.3, 0.4) is 0 Å². The molecule has 1 aromatic carbocycles. The molecule has 0 saturated heterocycles. The Hall–Kier alpha value is -1.55. The van der Waals surface area contributed by atoms with Gasteiger partial charge in [-0.1, -0.05) is 12.1 Å². The zero-order chi connectivity index (χ0) is 13.2. The van der Waals surface area contributed by atoms with Crippen molar-refractivity contribution in [3.63, 3.8) is 0 Å². The summed E-state index contributed by atoms with van der Waals surface area (Å²) in [5, 5.41) is 3.20. The lowest BCUT2D eigenvalue weighted by Crippen LogP contribution is -2.19. The minimum Gasteiger partial charge on any atom is -0.494 e. The van der Waals surface area contributed by atoms with E-state index in [9.17, 15) is 4.79 Å². The van der Waals surface area contributed by atoms with Crippen molar-refractivity contribution in [2.45, 2.75) is 26.8 Å². The van der Waals surface area contributed by atoms with Crippen molar-refractivity contribution in [1.82, 2.24) is 5.32 Å². The predicted molar refractivity (Wildman–Crippen MR) is 70.6 cm³/mol. The summed E-state index contributed by atoms with van der Waals surface area (Å²) >= 11 is 0. The van der Waals surface area contributed by atoms with E-state index in [2.05, 4.69) is 5.32 Å². The van der Waals surface area contributed by atoms with E-state index in [4.69, 9.17) is 9.47 Å². The molecule has 4 heteroatoms. The standard InChI is InChI=1S/C14H21NO3/c1-3-17-13-7-5-6-12(10-13)11-15-9-8-14(16)18-4-2/h5-7,10,15H,3-4,8-9,11H2,1-2H3. The number of rotatable bonds is 8. The molecular formula is C14H21NO3. The van der Waals surface area contributed by atoms with Crippen LogP contribution in [0.25, 0.3) is 0 Å². The van der Waals surface area contributed by atoms with E-state index in [0.29, 0.717) is 26.2 Å². The maximum Gasteiger partial charge on any atom is 0.307 e. The van der Waals surface area contributed by atoms with Crippen molar-refractivity contribution in [2.24, 2.45) is 0 Å². The van der Waals surface area contributed by atoms with Gasteiger partial charge in [0, 0.05) is 13.1 Å². The van der Waals surface area contributed by atoms with E-state index in [1.54, 1.807) is 0 Å².